The van der Waals surface area contributed by atoms with Crippen molar-refractivity contribution in [2.24, 2.45) is 0 Å². The summed E-state index contributed by atoms with van der Waals surface area (Å²) in [4.78, 5) is 4.37. The second-order valence-corrected chi connectivity index (χ2v) is 4.56. The fourth-order valence-electron chi connectivity index (χ4n) is 1.77. The van der Waals surface area contributed by atoms with Crippen molar-refractivity contribution in [2.45, 2.75) is 26.2 Å². The highest BCUT2D eigenvalue weighted by Gasteiger charge is 2.13. The number of hydrogen-bond acceptors (Lipinski definition) is 4. The molecule has 102 valence electrons. The Morgan fingerprint density at radius 2 is 2.05 bits per heavy atom. The molecule has 0 bridgehead atoms. The molecule has 2 rings (SSSR count). The maximum absolute atomic E-state index is 12.8. The van der Waals surface area contributed by atoms with Gasteiger partial charge in [0.2, 0.25) is 5.89 Å². The fourth-order valence-corrected chi connectivity index (χ4v) is 1.77. The molecule has 0 aliphatic heterocycles. The third-order valence-electron chi connectivity index (χ3n) is 2.88. The predicted octanol–water partition coefficient (Wildman–Crippen LogP) is 2.51. The zero-order valence-electron chi connectivity index (χ0n) is 11.2. The molecule has 19 heavy (non-hydrogen) atoms. The lowest BCUT2D eigenvalue weighted by atomic mass is 10.1. The Kier molecular flexibility index (Phi) is 4.63. The highest BCUT2D eigenvalue weighted by atomic mass is 19.1. The molecule has 1 aromatic carbocycles. The second kappa shape index (κ2) is 6.43. The summed E-state index contributed by atoms with van der Waals surface area (Å²) in [5.41, 5.74) is 0.966. The largest absolute Gasteiger partial charge is 0.339 e. The van der Waals surface area contributed by atoms with Crippen molar-refractivity contribution in [2.75, 3.05) is 13.1 Å². The minimum absolute atomic E-state index is 0.189. The minimum atomic E-state index is -0.239. The van der Waals surface area contributed by atoms with Gasteiger partial charge >= 0.3 is 0 Å². The number of nitrogens with one attached hydrogen (secondary N) is 1. The van der Waals surface area contributed by atoms with Gasteiger partial charge in [-0.25, -0.2) is 4.39 Å². The van der Waals surface area contributed by atoms with Crippen LogP contribution < -0.4 is 5.32 Å². The van der Waals surface area contributed by atoms with Gasteiger partial charge in [-0.05, 0) is 24.2 Å². The van der Waals surface area contributed by atoms with E-state index in [9.17, 15) is 4.39 Å². The maximum atomic E-state index is 12.8. The molecular formula is C14H18FN3O. The van der Waals surface area contributed by atoms with Crippen LogP contribution in [0.25, 0.3) is 0 Å². The van der Waals surface area contributed by atoms with Crippen molar-refractivity contribution in [3.05, 3.63) is 47.4 Å². The highest BCUT2D eigenvalue weighted by Crippen LogP contribution is 2.14. The number of nitrogens with zero attached hydrogens (tertiary/aromatic N) is 2. The molecule has 0 amide bonds. The molecule has 0 saturated carbocycles. The van der Waals surface area contributed by atoms with Crippen LogP contribution in [0.15, 0.2) is 28.8 Å². The molecular weight excluding hydrogens is 245 g/mol. The number of halogens is 1. The van der Waals surface area contributed by atoms with Crippen LogP contribution in [0.3, 0.4) is 0 Å². The second-order valence-electron chi connectivity index (χ2n) is 4.56. The maximum Gasteiger partial charge on any atom is 0.230 e. The van der Waals surface area contributed by atoms with E-state index in [2.05, 4.69) is 22.4 Å². The lowest BCUT2D eigenvalue weighted by molar-refractivity contribution is 0.352. The van der Waals surface area contributed by atoms with Crippen LogP contribution in [-0.4, -0.2) is 23.2 Å². The SMILES string of the molecule is CCNCC(C)c1nc(Cc2ccc(F)cc2)no1. The van der Waals surface area contributed by atoms with Crippen molar-refractivity contribution >= 4 is 0 Å². The molecule has 1 unspecified atom stereocenters. The van der Waals surface area contributed by atoms with Gasteiger partial charge in [-0.3, -0.25) is 0 Å². The minimum Gasteiger partial charge on any atom is -0.339 e. The summed E-state index contributed by atoms with van der Waals surface area (Å²) in [6, 6.07) is 6.33. The van der Waals surface area contributed by atoms with Crippen molar-refractivity contribution in [1.29, 1.82) is 0 Å². The van der Waals surface area contributed by atoms with Gasteiger partial charge in [0.1, 0.15) is 5.82 Å². The average molecular weight is 263 g/mol. The highest BCUT2D eigenvalue weighted by molar-refractivity contribution is 5.19. The van der Waals surface area contributed by atoms with Gasteiger partial charge in [0, 0.05) is 18.9 Å². The normalized spacial score (nSPS) is 12.6. The van der Waals surface area contributed by atoms with E-state index in [0.717, 1.165) is 18.7 Å². The van der Waals surface area contributed by atoms with Gasteiger partial charge in [0.25, 0.3) is 0 Å². The molecule has 1 heterocycles. The van der Waals surface area contributed by atoms with Gasteiger partial charge in [-0.2, -0.15) is 4.98 Å². The molecule has 0 radical (unpaired) electrons. The summed E-state index contributed by atoms with van der Waals surface area (Å²) in [7, 11) is 0. The Hall–Kier alpha value is -1.75. The summed E-state index contributed by atoms with van der Waals surface area (Å²) in [6.45, 7) is 5.83. The Morgan fingerprint density at radius 1 is 1.32 bits per heavy atom. The van der Waals surface area contributed by atoms with E-state index in [4.69, 9.17) is 4.52 Å². The fraction of sp³-hybridized carbons (Fsp3) is 0.429. The van der Waals surface area contributed by atoms with E-state index in [-0.39, 0.29) is 11.7 Å². The van der Waals surface area contributed by atoms with Gasteiger partial charge in [-0.15, -0.1) is 0 Å². The third kappa shape index (κ3) is 3.86. The van der Waals surface area contributed by atoms with Gasteiger partial charge in [0.05, 0.1) is 0 Å². The van der Waals surface area contributed by atoms with Gasteiger partial charge in [0.15, 0.2) is 5.82 Å². The van der Waals surface area contributed by atoms with E-state index in [1.165, 1.54) is 12.1 Å². The van der Waals surface area contributed by atoms with Crippen LogP contribution in [0.1, 0.15) is 37.0 Å². The zero-order chi connectivity index (χ0) is 13.7. The first kappa shape index (κ1) is 13.7. The summed E-state index contributed by atoms with van der Waals surface area (Å²) < 4.78 is 18.0. The molecule has 0 aliphatic rings. The summed E-state index contributed by atoms with van der Waals surface area (Å²) in [5, 5.41) is 7.20. The quantitative estimate of drug-likeness (QED) is 0.870. The third-order valence-corrected chi connectivity index (χ3v) is 2.88. The number of aromatic nitrogens is 2. The van der Waals surface area contributed by atoms with Gasteiger partial charge < -0.3 is 9.84 Å². The molecule has 1 N–H and O–H groups in total. The predicted molar refractivity (Wildman–Crippen MR) is 70.5 cm³/mol. The van der Waals surface area contributed by atoms with E-state index in [1.807, 2.05) is 6.92 Å². The van der Waals surface area contributed by atoms with Crippen LogP contribution in [0.4, 0.5) is 4.39 Å². The molecule has 4 nitrogen and oxygen atoms in total. The summed E-state index contributed by atoms with van der Waals surface area (Å²) in [5.74, 6) is 1.22. The molecule has 0 aliphatic carbocycles. The smallest absolute Gasteiger partial charge is 0.230 e. The molecule has 0 spiro atoms. The van der Waals surface area contributed by atoms with Gasteiger partial charge in [-0.1, -0.05) is 31.1 Å². The van der Waals surface area contributed by atoms with E-state index in [0.29, 0.717) is 18.1 Å². The van der Waals surface area contributed by atoms with Crippen molar-refractivity contribution in [3.63, 3.8) is 0 Å². The number of hydrogen-bond donors (Lipinski definition) is 1. The first-order valence-corrected chi connectivity index (χ1v) is 6.46. The number of rotatable bonds is 6. The Morgan fingerprint density at radius 3 is 2.74 bits per heavy atom. The monoisotopic (exact) mass is 263 g/mol. The van der Waals surface area contributed by atoms with Crippen LogP contribution >= 0.6 is 0 Å². The first-order chi connectivity index (χ1) is 9.19. The molecule has 1 atom stereocenters. The lowest BCUT2D eigenvalue weighted by Gasteiger charge is -2.05. The Labute approximate surface area is 112 Å². The number of likely N-dealkylation sites (N-methyl/N-ethyl adjacent to an activating group) is 1. The summed E-state index contributed by atoms with van der Waals surface area (Å²) >= 11 is 0. The molecule has 2 aromatic rings. The van der Waals surface area contributed by atoms with E-state index in [1.54, 1.807) is 12.1 Å². The first-order valence-electron chi connectivity index (χ1n) is 6.46. The van der Waals surface area contributed by atoms with Crippen molar-refractivity contribution in [3.8, 4) is 0 Å². The van der Waals surface area contributed by atoms with Crippen LogP contribution in [0, 0.1) is 5.82 Å². The van der Waals surface area contributed by atoms with Crippen LogP contribution in [0.5, 0.6) is 0 Å². The lowest BCUT2D eigenvalue weighted by Crippen LogP contribution is -2.19. The van der Waals surface area contributed by atoms with E-state index >= 15 is 0 Å². The zero-order valence-corrected chi connectivity index (χ0v) is 11.2. The molecule has 0 saturated heterocycles. The standard InChI is InChI=1S/C14H18FN3O/c1-3-16-9-10(2)14-17-13(18-19-14)8-11-4-6-12(15)7-5-11/h4-7,10,16H,3,8-9H2,1-2H3. The van der Waals surface area contributed by atoms with Crippen molar-refractivity contribution in [1.82, 2.24) is 15.5 Å². The Bertz CT molecular complexity index is 510. The van der Waals surface area contributed by atoms with Crippen LogP contribution in [-0.2, 0) is 6.42 Å². The van der Waals surface area contributed by atoms with Crippen molar-refractivity contribution < 1.29 is 8.91 Å². The topological polar surface area (TPSA) is 51.0 Å². The number of benzene rings is 1. The molecule has 1 aromatic heterocycles. The van der Waals surface area contributed by atoms with E-state index < -0.39 is 0 Å². The molecule has 5 heteroatoms. The molecule has 0 fully saturated rings. The summed E-state index contributed by atoms with van der Waals surface area (Å²) in [6.07, 6.45) is 0.553. The average Bonchev–Trinajstić information content (AvgIpc) is 2.87. The van der Waals surface area contributed by atoms with Crippen LogP contribution in [0.2, 0.25) is 0 Å². The Balaban J connectivity index is 1.98.